The number of benzene rings is 1. The molecular formula is C17H20ClN3OS. The molecule has 0 saturated carbocycles. The van der Waals surface area contributed by atoms with Gasteiger partial charge in [0.15, 0.2) is 0 Å². The summed E-state index contributed by atoms with van der Waals surface area (Å²) >= 11 is 7.80. The molecule has 0 unspecified atom stereocenters. The molecule has 0 N–H and O–H groups in total. The molecule has 0 bridgehead atoms. The second-order valence-electron chi connectivity index (χ2n) is 5.83. The molecule has 1 saturated heterocycles. The monoisotopic (exact) mass is 349 g/mol. The van der Waals surface area contributed by atoms with Crippen molar-refractivity contribution >= 4 is 29.3 Å². The number of hydrogen-bond donors (Lipinski definition) is 0. The van der Waals surface area contributed by atoms with Gasteiger partial charge < -0.3 is 4.90 Å². The molecule has 23 heavy (non-hydrogen) atoms. The van der Waals surface area contributed by atoms with E-state index in [0.717, 1.165) is 42.2 Å². The number of piperidine rings is 1. The number of halogens is 1. The Morgan fingerprint density at radius 2 is 1.91 bits per heavy atom. The van der Waals surface area contributed by atoms with E-state index in [4.69, 9.17) is 11.6 Å². The van der Waals surface area contributed by atoms with Crippen LogP contribution < -0.4 is 0 Å². The minimum atomic E-state index is 0.102. The smallest absolute Gasteiger partial charge is 0.257 e. The normalized spacial score (nSPS) is 15.9. The summed E-state index contributed by atoms with van der Waals surface area (Å²) in [5, 5.41) is 5.48. The largest absolute Gasteiger partial charge is 0.338 e. The molecule has 0 aliphatic carbocycles. The van der Waals surface area contributed by atoms with E-state index in [2.05, 4.69) is 17.2 Å². The van der Waals surface area contributed by atoms with Gasteiger partial charge >= 0.3 is 0 Å². The molecule has 0 spiro atoms. The lowest BCUT2D eigenvalue weighted by molar-refractivity contribution is 0.0726. The first-order chi connectivity index (χ1) is 11.0. The minimum Gasteiger partial charge on any atom is -0.338 e. The summed E-state index contributed by atoms with van der Waals surface area (Å²) in [6.45, 7) is 3.54. The van der Waals surface area contributed by atoms with Gasteiger partial charge in [-0.1, -0.05) is 11.6 Å². The van der Waals surface area contributed by atoms with E-state index in [-0.39, 0.29) is 5.91 Å². The van der Waals surface area contributed by atoms with Crippen molar-refractivity contribution in [2.24, 2.45) is 7.05 Å². The highest BCUT2D eigenvalue weighted by Gasteiger charge is 2.26. The zero-order valence-corrected chi connectivity index (χ0v) is 14.9. The number of hydrogen-bond acceptors (Lipinski definition) is 3. The zero-order valence-electron chi connectivity index (χ0n) is 13.3. The van der Waals surface area contributed by atoms with Gasteiger partial charge in [0.2, 0.25) is 0 Å². The van der Waals surface area contributed by atoms with Crippen LogP contribution in [0.3, 0.4) is 0 Å². The van der Waals surface area contributed by atoms with E-state index in [1.807, 2.05) is 42.8 Å². The number of amides is 1. The Hall–Kier alpha value is -1.46. The molecular weight excluding hydrogens is 330 g/mol. The number of thioether (sulfide) groups is 1. The Balaban J connectivity index is 1.57. The Morgan fingerprint density at radius 1 is 1.26 bits per heavy atom. The fourth-order valence-corrected chi connectivity index (χ4v) is 4.01. The molecule has 4 nitrogen and oxygen atoms in total. The Kier molecular flexibility index (Phi) is 4.97. The van der Waals surface area contributed by atoms with Crippen LogP contribution >= 0.6 is 23.4 Å². The van der Waals surface area contributed by atoms with Crippen LogP contribution in [0.2, 0.25) is 5.02 Å². The molecule has 3 rings (SSSR count). The van der Waals surface area contributed by atoms with E-state index >= 15 is 0 Å². The topological polar surface area (TPSA) is 38.1 Å². The minimum absolute atomic E-state index is 0.102. The van der Waals surface area contributed by atoms with E-state index in [1.165, 1.54) is 4.90 Å². The van der Waals surface area contributed by atoms with E-state index < -0.39 is 0 Å². The highest BCUT2D eigenvalue weighted by Crippen LogP contribution is 2.31. The molecule has 1 fully saturated rings. The summed E-state index contributed by atoms with van der Waals surface area (Å²) in [5.41, 5.74) is 1.64. The van der Waals surface area contributed by atoms with E-state index in [9.17, 15) is 4.79 Å². The van der Waals surface area contributed by atoms with Crippen molar-refractivity contribution in [2.75, 3.05) is 13.1 Å². The third kappa shape index (κ3) is 3.72. The third-order valence-corrected chi connectivity index (χ3v) is 5.91. The summed E-state index contributed by atoms with van der Waals surface area (Å²) in [6.07, 6.45) is 3.70. The number of nitrogens with zero attached hydrogens (tertiary/aromatic N) is 3. The van der Waals surface area contributed by atoms with Crippen molar-refractivity contribution < 1.29 is 4.79 Å². The molecule has 6 heteroatoms. The van der Waals surface area contributed by atoms with Crippen molar-refractivity contribution in [3.8, 4) is 0 Å². The first kappa shape index (κ1) is 16.4. The van der Waals surface area contributed by atoms with Gasteiger partial charge in [0, 0.05) is 41.0 Å². The summed E-state index contributed by atoms with van der Waals surface area (Å²) in [5.74, 6) is 0.102. The van der Waals surface area contributed by atoms with Gasteiger partial charge in [-0.25, -0.2) is 0 Å². The standard InChI is InChI=1S/C17H20ClN3OS/c1-12-16(11-19-20(12)2)17(22)21-9-7-15(8-10-21)23-14-5-3-13(18)4-6-14/h3-6,11,15H,7-10H2,1-2H3. The summed E-state index contributed by atoms with van der Waals surface area (Å²) in [6, 6.07) is 7.97. The molecule has 1 aliphatic heterocycles. The lowest BCUT2D eigenvalue weighted by Crippen LogP contribution is -2.39. The second kappa shape index (κ2) is 6.97. The molecule has 2 aromatic rings. The summed E-state index contributed by atoms with van der Waals surface area (Å²) in [7, 11) is 1.86. The second-order valence-corrected chi connectivity index (χ2v) is 7.64. The van der Waals surface area contributed by atoms with Gasteiger partial charge in [-0.3, -0.25) is 9.48 Å². The van der Waals surface area contributed by atoms with Crippen molar-refractivity contribution in [2.45, 2.75) is 29.9 Å². The fraction of sp³-hybridized carbons (Fsp3) is 0.412. The molecule has 2 heterocycles. The maximum atomic E-state index is 12.6. The number of likely N-dealkylation sites (tertiary alicyclic amines) is 1. The van der Waals surface area contributed by atoms with Crippen LogP contribution in [0.1, 0.15) is 28.9 Å². The average molecular weight is 350 g/mol. The number of carbonyl (C=O) groups excluding carboxylic acids is 1. The molecule has 1 amide bonds. The SMILES string of the molecule is Cc1c(C(=O)N2CCC(Sc3ccc(Cl)cc3)CC2)cnn1C. The Bertz CT molecular complexity index is 690. The first-order valence-electron chi connectivity index (χ1n) is 7.74. The van der Waals surface area contributed by atoms with Gasteiger partial charge in [0.05, 0.1) is 11.8 Å². The molecule has 1 aromatic heterocycles. The highest BCUT2D eigenvalue weighted by atomic mass is 35.5. The number of rotatable bonds is 3. The quantitative estimate of drug-likeness (QED) is 0.846. The van der Waals surface area contributed by atoms with Crippen LogP contribution in [-0.2, 0) is 7.05 Å². The lowest BCUT2D eigenvalue weighted by atomic mass is 10.1. The number of aromatic nitrogens is 2. The number of aryl methyl sites for hydroxylation is 1. The Morgan fingerprint density at radius 3 is 2.48 bits per heavy atom. The van der Waals surface area contributed by atoms with Crippen molar-refractivity contribution in [1.82, 2.24) is 14.7 Å². The van der Waals surface area contributed by atoms with Crippen LogP contribution in [0.4, 0.5) is 0 Å². The fourth-order valence-electron chi connectivity index (χ4n) is 2.76. The molecule has 122 valence electrons. The summed E-state index contributed by atoms with van der Waals surface area (Å²) in [4.78, 5) is 15.8. The maximum absolute atomic E-state index is 12.6. The molecule has 1 aliphatic rings. The Labute approximate surface area is 145 Å². The zero-order chi connectivity index (χ0) is 16.4. The molecule has 0 atom stereocenters. The summed E-state index contributed by atoms with van der Waals surface area (Å²) < 4.78 is 1.75. The van der Waals surface area contributed by atoms with Gasteiger partial charge in [-0.2, -0.15) is 5.10 Å². The van der Waals surface area contributed by atoms with Crippen LogP contribution in [0.15, 0.2) is 35.4 Å². The van der Waals surface area contributed by atoms with Crippen LogP contribution in [0.5, 0.6) is 0 Å². The van der Waals surface area contributed by atoms with Crippen molar-refractivity contribution in [3.05, 3.63) is 46.7 Å². The van der Waals surface area contributed by atoms with Gasteiger partial charge in [0.1, 0.15) is 0 Å². The van der Waals surface area contributed by atoms with E-state index in [1.54, 1.807) is 10.9 Å². The number of carbonyl (C=O) groups is 1. The third-order valence-electron chi connectivity index (χ3n) is 4.31. The van der Waals surface area contributed by atoms with Gasteiger partial charge in [0.25, 0.3) is 5.91 Å². The predicted molar refractivity (Wildman–Crippen MR) is 94.2 cm³/mol. The van der Waals surface area contributed by atoms with Gasteiger partial charge in [-0.15, -0.1) is 11.8 Å². The van der Waals surface area contributed by atoms with Crippen LogP contribution in [0.25, 0.3) is 0 Å². The van der Waals surface area contributed by atoms with Gasteiger partial charge in [-0.05, 0) is 44.0 Å². The maximum Gasteiger partial charge on any atom is 0.257 e. The average Bonchev–Trinajstić information content (AvgIpc) is 2.89. The van der Waals surface area contributed by atoms with Crippen molar-refractivity contribution in [1.29, 1.82) is 0 Å². The molecule has 0 radical (unpaired) electrons. The lowest BCUT2D eigenvalue weighted by Gasteiger charge is -2.31. The highest BCUT2D eigenvalue weighted by molar-refractivity contribution is 8.00. The first-order valence-corrected chi connectivity index (χ1v) is 9.00. The van der Waals surface area contributed by atoms with Crippen LogP contribution in [-0.4, -0.2) is 38.9 Å². The predicted octanol–water partition coefficient (Wildman–Crippen LogP) is 3.78. The van der Waals surface area contributed by atoms with E-state index in [0.29, 0.717) is 5.25 Å². The molecule has 1 aromatic carbocycles. The van der Waals surface area contributed by atoms with Crippen molar-refractivity contribution in [3.63, 3.8) is 0 Å². The van der Waals surface area contributed by atoms with Crippen LogP contribution in [0, 0.1) is 6.92 Å².